The molecular weight excluding hydrogens is 298 g/mol. The van der Waals surface area contributed by atoms with E-state index in [1.54, 1.807) is 7.11 Å². The van der Waals surface area contributed by atoms with Gasteiger partial charge in [0.15, 0.2) is 11.5 Å². The van der Waals surface area contributed by atoms with Gasteiger partial charge in [-0.3, -0.25) is 4.90 Å². The maximum atomic E-state index is 10.8. The number of nitrogens with zero attached hydrogens (tertiary/aromatic N) is 1. The second kappa shape index (κ2) is 4.48. The standard InChI is InChI=1S/C17H19NO5/c1-21-9-2-3-17-11-6-13-12(22-8-23-13)5-10(11)16(20)18(7-15(17)19)14(17)4-9/h2-3,5-6,9,14-16,19-20H,4,7-8H2,1H3/t9-,14+,15?,16?,17+/m1/s1. The van der Waals surface area contributed by atoms with Gasteiger partial charge in [-0.2, -0.15) is 0 Å². The Labute approximate surface area is 133 Å². The zero-order valence-corrected chi connectivity index (χ0v) is 12.8. The van der Waals surface area contributed by atoms with Crippen molar-refractivity contribution in [1.82, 2.24) is 4.90 Å². The molecule has 0 radical (unpaired) electrons. The Morgan fingerprint density at radius 3 is 2.83 bits per heavy atom. The van der Waals surface area contributed by atoms with Crippen molar-refractivity contribution in [2.24, 2.45) is 0 Å². The predicted molar refractivity (Wildman–Crippen MR) is 80.3 cm³/mol. The van der Waals surface area contributed by atoms with Gasteiger partial charge in [0, 0.05) is 25.3 Å². The molecule has 0 aromatic heterocycles. The van der Waals surface area contributed by atoms with E-state index in [0.29, 0.717) is 18.0 Å². The number of methoxy groups -OCH3 is 1. The number of aliphatic hydroxyl groups is 2. The van der Waals surface area contributed by atoms with E-state index in [1.807, 2.05) is 23.1 Å². The van der Waals surface area contributed by atoms with Crippen LogP contribution in [-0.2, 0) is 10.2 Å². The number of benzene rings is 1. The lowest BCUT2D eigenvalue weighted by molar-refractivity contribution is -0.0399. The van der Waals surface area contributed by atoms with E-state index in [4.69, 9.17) is 14.2 Å². The Morgan fingerprint density at radius 1 is 1.26 bits per heavy atom. The zero-order valence-electron chi connectivity index (χ0n) is 12.8. The largest absolute Gasteiger partial charge is 0.454 e. The van der Waals surface area contributed by atoms with E-state index in [2.05, 4.69) is 6.08 Å². The molecule has 1 saturated heterocycles. The van der Waals surface area contributed by atoms with Crippen molar-refractivity contribution in [1.29, 1.82) is 0 Å². The van der Waals surface area contributed by atoms with Crippen molar-refractivity contribution in [2.75, 3.05) is 20.4 Å². The van der Waals surface area contributed by atoms with Crippen LogP contribution in [0, 0.1) is 0 Å². The minimum Gasteiger partial charge on any atom is -0.454 e. The van der Waals surface area contributed by atoms with Gasteiger partial charge in [-0.25, -0.2) is 0 Å². The summed E-state index contributed by atoms with van der Waals surface area (Å²) < 4.78 is 16.4. The summed E-state index contributed by atoms with van der Waals surface area (Å²) in [7, 11) is 1.69. The van der Waals surface area contributed by atoms with Gasteiger partial charge in [0.1, 0.15) is 6.23 Å². The first-order chi connectivity index (χ1) is 11.1. The molecule has 6 heteroatoms. The second-order valence-electron chi connectivity index (χ2n) is 6.70. The third-order valence-electron chi connectivity index (χ3n) is 5.84. The summed E-state index contributed by atoms with van der Waals surface area (Å²) in [4.78, 5) is 1.98. The van der Waals surface area contributed by atoms with Crippen LogP contribution < -0.4 is 9.47 Å². The molecule has 3 aliphatic heterocycles. The molecule has 3 unspecified atom stereocenters. The molecule has 0 amide bonds. The molecule has 122 valence electrons. The molecule has 6 atom stereocenters. The van der Waals surface area contributed by atoms with E-state index in [9.17, 15) is 10.2 Å². The van der Waals surface area contributed by atoms with Crippen LogP contribution in [0.5, 0.6) is 11.5 Å². The van der Waals surface area contributed by atoms with E-state index in [-0.39, 0.29) is 18.9 Å². The van der Waals surface area contributed by atoms with Gasteiger partial charge >= 0.3 is 0 Å². The second-order valence-corrected chi connectivity index (χ2v) is 6.70. The summed E-state index contributed by atoms with van der Waals surface area (Å²) in [5.74, 6) is 1.33. The fourth-order valence-electron chi connectivity index (χ4n) is 4.71. The summed E-state index contributed by atoms with van der Waals surface area (Å²) in [5.41, 5.74) is 1.21. The third kappa shape index (κ3) is 1.57. The van der Waals surface area contributed by atoms with Gasteiger partial charge in [-0.1, -0.05) is 12.2 Å². The van der Waals surface area contributed by atoms with Crippen LogP contribution in [0.1, 0.15) is 23.8 Å². The molecule has 3 heterocycles. The highest BCUT2D eigenvalue weighted by molar-refractivity contribution is 5.57. The van der Waals surface area contributed by atoms with Crippen molar-refractivity contribution >= 4 is 0 Å². The molecule has 5 rings (SSSR count). The van der Waals surface area contributed by atoms with Gasteiger partial charge in [0.05, 0.1) is 17.6 Å². The lowest BCUT2D eigenvalue weighted by Crippen LogP contribution is -2.53. The first kappa shape index (κ1) is 13.8. The van der Waals surface area contributed by atoms with Gasteiger partial charge in [0.2, 0.25) is 6.79 Å². The van der Waals surface area contributed by atoms with Crippen molar-refractivity contribution in [3.8, 4) is 11.5 Å². The Hall–Kier alpha value is -1.60. The van der Waals surface area contributed by atoms with E-state index in [0.717, 1.165) is 17.5 Å². The van der Waals surface area contributed by atoms with Crippen LogP contribution in [0.25, 0.3) is 0 Å². The van der Waals surface area contributed by atoms with Crippen molar-refractivity contribution < 1.29 is 24.4 Å². The minimum absolute atomic E-state index is 0.00341. The van der Waals surface area contributed by atoms with Gasteiger partial charge < -0.3 is 24.4 Å². The highest BCUT2D eigenvalue weighted by Gasteiger charge is 2.61. The summed E-state index contributed by atoms with van der Waals surface area (Å²) in [6.45, 7) is 0.631. The van der Waals surface area contributed by atoms with E-state index in [1.165, 1.54) is 0 Å². The van der Waals surface area contributed by atoms with Crippen molar-refractivity contribution in [3.63, 3.8) is 0 Å². The average Bonchev–Trinajstić information content (AvgIpc) is 3.12. The Kier molecular flexibility index (Phi) is 2.69. The highest BCUT2D eigenvalue weighted by Crippen LogP contribution is 2.56. The molecule has 1 aliphatic carbocycles. The molecule has 1 fully saturated rings. The average molecular weight is 317 g/mol. The SMILES string of the molecule is CO[C@@H]1C=C[C@@]23c4cc5c(cc4C(O)N(CC2O)[C@H]3C1)OCO5. The monoisotopic (exact) mass is 317 g/mol. The number of fused-ring (bicyclic) bond motifs is 2. The van der Waals surface area contributed by atoms with Crippen LogP contribution in [0.4, 0.5) is 0 Å². The Bertz CT molecular complexity index is 704. The number of hydrogen-bond donors (Lipinski definition) is 2. The number of rotatable bonds is 1. The van der Waals surface area contributed by atoms with Crippen LogP contribution in [0.3, 0.4) is 0 Å². The van der Waals surface area contributed by atoms with Crippen LogP contribution in [0.2, 0.25) is 0 Å². The highest BCUT2D eigenvalue weighted by atomic mass is 16.7. The molecule has 1 aromatic rings. The molecule has 0 saturated carbocycles. The molecular formula is C17H19NO5. The summed E-state index contributed by atoms with van der Waals surface area (Å²) in [5, 5.41) is 21.7. The lowest BCUT2D eigenvalue weighted by atomic mass is 9.65. The first-order valence-electron chi connectivity index (χ1n) is 7.93. The Balaban J connectivity index is 1.75. The summed E-state index contributed by atoms with van der Waals surface area (Å²) >= 11 is 0. The lowest BCUT2D eigenvalue weighted by Gasteiger charge is -2.48. The number of aliphatic hydroxyl groups excluding tert-OH is 2. The Morgan fingerprint density at radius 2 is 2.04 bits per heavy atom. The van der Waals surface area contributed by atoms with Crippen LogP contribution in [0.15, 0.2) is 24.3 Å². The quantitative estimate of drug-likeness (QED) is 0.742. The molecule has 4 aliphatic rings. The fraction of sp³-hybridized carbons (Fsp3) is 0.529. The van der Waals surface area contributed by atoms with Crippen LogP contribution in [-0.4, -0.2) is 53.8 Å². The molecule has 1 aromatic carbocycles. The molecule has 6 nitrogen and oxygen atoms in total. The summed E-state index contributed by atoms with van der Waals surface area (Å²) in [6.07, 6.45) is 3.51. The zero-order chi connectivity index (χ0) is 15.8. The van der Waals surface area contributed by atoms with E-state index >= 15 is 0 Å². The molecule has 23 heavy (non-hydrogen) atoms. The van der Waals surface area contributed by atoms with E-state index < -0.39 is 17.7 Å². The topological polar surface area (TPSA) is 71.4 Å². The predicted octanol–water partition coefficient (Wildman–Crippen LogP) is 0.678. The number of hydrogen-bond acceptors (Lipinski definition) is 6. The number of ether oxygens (including phenoxy) is 3. The summed E-state index contributed by atoms with van der Waals surface area (Å²) in [6, 6.07) is 3.79. The maximum absolute atomic E-state index is 10.8. The molecule has 2 N–H and O–H groups in total. The normalized spacial score (nSPS) is 42.5. The van der Waals surface area contributed by atoms with Gasteiger partial charge in [-0.05, 0) is 24.1 Å². The first-order valence-corrected chi connectivity index (χ1v) is 7.93. The third-order valence-corrected chi connectivity index (χ3v) is 5.84. The fourth-order valence-corrected chi connectivity index (χ4v) is 4.71. The molecule has 2 bridgehead atoms. The van der Waals surface area contributed by atoms with Gasteiger partial charge in [0.25, 0.3) is 0 Å². The van der Waals surface area contributed by atoms with Crippen molar-refractivity contribution in [2.45, 2.75) is 36.3 Å². The maximum Gasteiger partial charge on any atom is 0.231 e. The van der Waals surface area contributed by atoms with Gasteiger partial charge in [-0.15, -0.1) is 0 Å². The minimum atomic E-state index is -0.751. The van der Waals surface area contributed by atoms with Crippen LogP contribution >= 0.6 is 0 Å². The smallest absolute Gasteiger partial charge is 0.231 e. The van der Waals surface area contributed by atoms with Crippen molar-refractivity contribution in [3.05, 3.63) is 35.4 Å². The molecule has 0 spiro atoms.